The molecule has 3 aromatic rings. The van der Waals surface area contributed by atoms with E-state index in [0.717, 1.165) is 34.9 Å². The summed E-state index contributed by atoms with van der Waals surface area (Å²) in [6, 6.07) is 19.1. The van der Waals surface area contributed by atoms with E-state index in [1.807, 2.05) is 42.5 Å². The Morgan fingerprint density at radius 2 is 1.66 bits per heavy atom. The number of hydrogen-bond donors (Lipinski definition) is 2. The number of urea groups is 1. The van der Waals surface area contributed by atoms with Gasteiger partial charge in [0.1, 0.15) is 5.54 Å². The van der Waals surface area contributed by atoms with Gasteiger partial charge in [-0.25, -0.2) is 4.79 Å². The molecular weight excluding hydrogens is 442 g/mol. The smallest absolute Gasteiger partial charge is 0.325 e. The molecule has 0 unspecified atom stereocenters. The van der Waals surface area contributed by atoms with Gasteiger partial charge in [-0.05, 0) is 53.9 Å². The molecule has 180 valence electrons. The van der Waals surface area contributed by atoms with Gasteiger partial charge >= 0.3 is 6.03 Å². The van der Waals surface area contributed by atoms with Crippen molar-refractivity contribution in [3.05, 3.63) is 77.9 Å². The number of unbranched alkanes of at least 4 members (excludes halogenated alkanes) is 2. The maximum Gasteiger partial charge on any atom is 0.325 e. The van der Waals surface area contributed by atoms with E-state index in [4.69, 9.17) is 0 Å². The van der Waals surface area contributed by atoms with E-state index >= 15 is 0 Å². The lowest BCUT2D eigenvalue weighted by atomic mass is 9.88. The van der Waals surface area contributed by atoms with Crippen LogP contribution in [-0.2, 0) is 15.1 Å². The van der Waals surface area contributed by atoms with E-state index < -0.39 is 17.5 Å². The molecule has 0 aromatic heterocycles. The van der Waals surface area contributed by atoms with E-state index in [2.05, 4.69) is 17.6 Å². The van der Waals surface area contributed by atoms with Crippen LogP contribution in [0, 0.1) is 0 Å². The number of rotatable bonds is 9. The van der Waals surface area contributed by atoms with Crippen molar-refractivity contribution < 1.29 is 19.2 Å². The Balaban J connectivity index is 1.46. The number of nitrogens with one attached hydrogen (secondary N) is 2. The molecule has 1 aliphatic rings. The third kappa shape index (κ3) is 4.94. The number of ketones is 1. The van der Waals surface area contributed by atoms with Gasteiger partial charge in [0.2, 0.25) is 5.91 Å². The van der Waals surface area contributed by atoms with E-state index in [1.54, 1.807) is 31.2 Å². The number of carbonyl (C=O) groups is 4. The average molecular weight is 472 g/mol. The third-order valence-corrected chi connectivity index (χ3v) is 6.40. The fourth-order valence-electron chi connectivity index (χ4n) is 4.42. The molecule has 1 atom stereocenters. The summed E-state index contributed by atoms with van der Waals surface area (Å²) in [6.45, 7) is 3.38. The SMILES string of the molecule is CCCCCC(=O)Nc1ccc(C(=O)CN2C(=O)N[C@](C)(c3cccc4ccccc34)C2=O)cc1. The zero-order chi connectivity index (χ0) is 25.0. The minimum absolute atomic E-state index is 0.0652. The van der Waals surface area contributed by atoms with Crippen molar-refractivity contribution in [3.8, 4) is 0 Å². The van der Waals surface area contributed by atoms with Crippen LogP contribution in [0.5, 0.6) is 0 Å². The zero-order valence-corrected chi connectivity index (χ0v) is 20.0. The number of fused-ring (bicyclic) bond motifs is 1. The Labute approximate surface area is 204 Å². The molecule has 7 nitrogen and oxygen atoms in total. The van der Waals surface area contributed by atoms with E-state index in [-0.39, 0.29) is 18.2 Å². The summed E-state index contributed by atoms with van der Waals surface area (Å²) in [5, 5.41) is 7.43. The van der Waals surface area contributed by atoms with Crippen LogP contribution in [0.3, 0.4) is 0 Å². The number of anilines is 1. The van der Waals surface area contributed by atoms with E-state index in [0.29, 0.717) is 23.2 Å². The molecule has 1 fully saturated rings. The fraction of sp³-hybridized carbons (Fsp3) is 0.286. The number of Topliss-reactive ketones (excluding diaryl/α,β-unsaturated/α-hetero) is 1. The molecule has 0 radical (unpaired) electrons. The molecule has 0 aliphatic carbocycles. The molecule has 0 bridgehead atoms. The van der Waals surface area contributed by atoms with Gasteiger partial charge in [-0.2, -0.15) is 0 Å². The lowest BCUT2D eigenvalue weighted by Gasteiger charge is -2.24. The van der Waals surface area contributed by atoms with E-state index in [1.165, 1.54) is 0 Å². The Morgan fingerprint density at radius 1 is 0.943 bits per heavy atom. The van der Waals surface area contributed by atoms with Crippen LogP contribution >= 0.6 is 0 Å². The van der Waals surface area contributed by atoms with Gasteiger partial charge in [0.15, 0.2) is 5.78 Å². The number of amides is 4. The van der Waals surface area contributed by atoms with Crippen LogP contribution in [0.1, 0.15) is 55.5 Å². The predicted octanol–water partition coefficient (Wildman–Crippen LogP) is 5.01. The van der Waals surface area contributed by atoms with Gasteiger partial charge < -0.3 is 10.6 Å². The van der Waals surface area contributed by atoms with Gasteiger partial charge in [0.25, 0.3) is 5.91 Å². The topological polar surface area (TPSA) is 95.6 Å². The van der Waals surface area contributed by atoms with Gasteiger partial charge in [-0.1, -0.05) is 62.2 Å². The van der Waals surface area contributed by atoms with Crippen LogP contribution in [0.15, 0.2) is 66.7 Å². The highest BCUT2D eigenvalue weighted by Crippen LogP contribution is 2.34. The average Bonchev–Trinajstić information content (AvgIpc) is 3.07. The van der Waals surface area contributed by atoms with Crippen LogP contribution in [0.2, 0.25) is 0 Å². The van der Waals surface area contributed by atoms with Crippen LogP contribution in [0.25, 0.3) is 10.8 Å². The fourth-order valence-corrected chi connectivity index (χ4v) is 4.42. The second kappa shape index (κ2) is 10.1. The molecule has 1 saturated heterocycles. The molecule has 1 heterocycles. The molecule has 3 aromatic carbocycles. The molecule has 4 amide bonds. The Hall–Kier alpha value is -4.00. The van der Waals surface area contributed by atoms with Crippen molar-refractivity contribution in [1.82, 2.24) is 10.2 Å². The minimum Gasteiger partial charge on any atom is -0.326 e. The van der Waals surface area contributed by atoms with E-state index in [9.17, 15) is 19.2 Å². The van der Waals surface area contributed by atoms with Crippen LogP contribution < -0.4 is 10.6 Å². The summed E-state index contributed by atoms with van der Waals surface area (Å²) in [5.41, 5.74) is 0.363. The summed E-state index contributed by atoms with van der Waals surface area (Å²) < 4.78 is 0. The Kier molecular flexibility index (Phi) is 6.96. The first-order valence-corrected chi connectivity index (χ1v) is 11.9. The van der Waals surface area contributed by atoms with Crippen molar-refractivity contribution >= 4 is 40.1 Å². The van der Waals surface area contributed by atoms with Crippen LogP contribution in [-0.4, -0.2) is 35.1 Å². The van der Waals surface area contributed by atoms with Gasteiger partial charge in [-0.15, -0.1) is 0 Å². The molecule has 35 heavy (non-hydrogen) atoms. The lowest BCUT2D eigenvalue weighted by Crippen LogP contribution is -2.41. The minimum atomic E-state index is -1.27. The number of nitrogens with zero attached hydrogens (tertiary/aromatic N) is 1. The highest BCUT2D eigenvalue weighted by molar-refractivity contribution is 6.12. The second-order valence-electron chi connectivity index (χ2n) is 8.98. The Bertz CT molecular complexity index is 1280. The number of benzene rings is 3. The molecule has 4 rings (SSSR count). The van der Waals surface area contributed by atoms with Crippen molar-refractivity contribution in [2.75, 3.05) is 11.9 Å². The first-order valence-electron chi connectivity index (χ1n) is 11.9. The summed E-state index contributed by atoms with van der Waals surface area (Å²) in [6.07, 6.45) is 3.34. The molecular formula is C28H29N3O4. The highest BCUT2D eigenvalue weighted by atomic mass is 16.2. The highest BCUT2D eigenvalue weighted by Gasteiger charge is 2.50. The lowest BCUT2D eigenvalue weighted by molar-refractivity contribution is -0.130. The Morgan fingerprint density at radius 3 is 2.40 bits per heavy atom. The predicted molar refractivity (Wildman–Crippen MR) is 135 cm³/mol. The molecule has 0 saturated carbocycles. The number of imide groups is 1. The second-order valence-corrected chi connectivity index (χ2v) is 8.98. The van der Waals surface area contributed by atoms with Crippen molar-refractivity contribution in [2.45, 2.75) is 45.1 Å². The first kappa shape index (κ1) is 24.1. The molecule has 7 heteroatoms. The van der Waals surface area contributed by atoms with Gasteiger partial charge in [-0.3, -0.25) is 19.3 Å². The number of hydrogen-bond acceptors (Lipinski definition) is 4. The van der Waals surface area contributed by atoms with Crippen LogP contribution in [0.4, 0.5) is 10.5 Å². The zero-order valence-electron chi connectivity index (χ0n) is 20.0. The van der Waals surface area contributed by atoms with Crippen molar-refractivity contribution in [1.29, 1.82) is 0 Å². The van der Waals surface area contributed by atoms with Gasteiger partial charge in [0, 0.05) is 17.7 Å². The summed E-state index contributed by atoms with van der Waals surface area (Å²) in [5.74, 6) is -0.899. The quantitative estimate of drug-likeness (QED) is 0.261. The largest absolute Gasteiger partial charge is 0.326 e. The normalized spacial score (nSPS) is 17.5. The maximum atomic E-state index is 13.4. The first-order chi connectivity index (χ1) is 16.8. The molecule has 0 spiro atoms. The monoisotopic (exact) mass is 471 g/mol. The molecule has 2 N–H and O–H groups in total. The standard InChI is InChI=1S/C28H29N3O4/c1-3-4-5-13-25(33)29-21-16-14-20(15-17-21)24(32)18-31-26(34)28(2,30-27(31)35)23-12-8-10-19-9-6-7-11-22(19)23/h6-12,14-17H,3-5,13,18H2,1-2H3,(H,29,33)(H,30,35)/t28-/m1/s1. The third-order valence-electron chi connectivity index (χ3n) is 6.40. The molecule has 1 aliphatic heterocycles. The summed E-state index contributed by atoms with van der Waals surface area (Å²) >= 11 is 0. The van der Waals surface area contributed by atoms with Crippen molar-refractivity contribution in [2.24, 2.45) is 0 Å². The summed E-state index contributed by atoms with van der Waals surface area (Å²) in [7, 11) is 0. The summed E-state index contributed by atoms with van der Waals surface area (Å²) in [4.78, 5) is 52.0. The van der Waals surface area contributed by atoms with Crippen molar-refractivity contribution in [3.63, 3.8) is 0 Å². The number of carbonyl (C=O) groups excluding carboxylic acids is 4. The maximum absolute atomic E-state index is 13.4. The van der Waals surface area contributed by atoms with Gasteiger partial charge in [0.05, 0.1) is 6.54 Å².